The highest BCUT2D eigenvalue weighted by Gasteiger charge is 2.47. The molecule has 1 fully saturated rings. The Kier molecular flexibility index (Phi) is 4.36. The van der Waals surface area contributed by atoms with Gasteiger partial charge in [0, 0.05) is 42.0 Å². The van der Waals surface area contributed by atoms with Crippen molar-refractivity contribution >= 4 is 11.5 Å². The Morgan fingerprint density at radius 1 is 1.29 bits per heavy atom. The van der Waals surface area contributed by atoms with Crippen molar-refractivity contribution < 1.29 is 9.50 Å². The molecule has 0 amide bonds. The average Bonchev–Trinajstić information content (AvgIpc) is 3.21. The highest BCUT2D eigenvalue weighted by molar-refractivity contribution is 5.73. The molecule has 1 saturated heterocycles. The monoisotopic (exact) mass is 382 g/mol. The van der Waals surface area contributed by atoms with Gasteiger partial charge < -0.3 is 14.9 Å². The van der Waals surface area contributed by atoms with E-state index in [4.69, 9.17) is 4.98 Å². The molecule has 0 saturated carbocycles. The maximum absolute atomic E-state index is 14.3. The molecule has 28 heavy (non-hydrogen) atoms. The van der Waals surface area contributed by atoms with Crippen LogP contribution >= 0.6 is 0 Å². The van der Waals surface area contributed by atoms with Crippen LogP contribution in [-0.2, 0) is 11.8 Å². The first-order chi connectivity index (χ1) is 13.6. The molecule has 2 atom stereocenters. The molecule has 1 spiro atoms. The lowest BCUT2D eigenvalue weighted by molar-refractivity contribution is 0.126. The quantitative estimate of drug-likeness (QED) is 0.884. The lowest BCUT2D eigenvalue weighted by atomic mass is 9.75. The van der Waals surface area contributed by atoms with Crippen LogP contribution in [0.1, 0.15) is 48.9 Å². The van der Waals surface area contributed by atoms with Crippen LogP contribution in [-0.4, -0.2) is 52.8 Å². The lowest BCUT2D eigenvalue weighted by Gasteiger charge is -2.41. The average molecular weight is 382 g/mol. The zero-order valence-electron chi connectivity index (χ0n) is 16.4. The Morgan fingerprint density at radius 2 is 2.18 bits per heavy atom. The summed E-state index contributed by atoms with van der Waals surface area (Å²) in [5.74, 6) is 1.27. The molecule has 6 heteroatoms. The van der Waals surface area contributed by atoms with E-state index >= 15 is 0 Å². The van der Waals surface area contributed by atoms with Crippen molar-refractivity contribution in [2.75, 3.05) is 37.7 Å². The highest BCUT2D eigenvalue weighted by Crippen LogP contribution is 2.50. The minimum Gasteiger partial charge on any atom is -0.395 e. The Bertz CT molecular complexity index is 902. The summed E-state index contributed by atoms with van der Waals surface area (Å²) in [6.07, 6.45) is 5.89. The number of piperidine rings is 1. The SMILES string of the molecule is C[C@@H]1CCc2ncnc(N3C[C@]4(CCCN(CCO)C4)c4cc(F)ccc43)c21. The van der Waals surface area contributed by atoms with Gasteiger partial charge in [0.2, 0.25) is 0 Å². The number of nitrogens with zero attached hydrogens (tertiary/aromatic N) is 4. The Morgan fingerprint density at radius 3 is 3.04 bits per heavy atom. The number of hydrogen-bond donors (Lipinski definition) is 1. The van der Waals surface area contributed by atoms with Gasteiger partial charge in [-0.15, -0.1) is 0 Å². The van der Waals surface area contributed by atoms with Crippen LogP contribution in [0.15, 0.2) is 24.5 Å². The van der Waals surface area contributed by atoms with E-state index in [1.807, 2.05) is 6.07 Å². The van der Waals surface area contributed by atoms with Crippen molar-refractivity contribution in [3.05, 3.63) is 47.2 Å². The molecule has 3 heterocycles. The largest absolute Gasteiger partial charge is 0.395 e. The highest BCUT2D eigenvalue weighted by atomic mass is 19.1. The summed E-state index contributed by atoms with van der Waals surface area (Å²) in [6.45, 7) is 5.74. The molecule has 5 rings (SSSR count). The molecule has 1 aromatic heterocycles. The summed E-state index contributed by atoms with van der Waals surface area (Å²) >= 11 is 0. The number of fused-ring (bicyclic) bond motifs is 3. The molecule has 148 valence electrons. The van der Waals surface area contributed by atoms with E-state index < -0.39 is 0 Å². The van der Waals surface area contributed by atoms with Crippen molar-refractivity contribution in [2.24, 2.45) is 0 Å². The van der Waals surface area contributed by atoms with Gasteiger partial charge >= 0.3 is 0 Å². The molecule has 2 aliphatic heterocycles. The molecule has 1 aliphatic carbocycles. The molecule has 3 aliphatic rings. The van der Waals surface area contributed by atoms with Crippen molar-refractivity contribution in [3.8, 4) is 0 Å². The number of aliphatic hydroxyl groups is 1. The maximum Gasteiger partial charge on any atom is 0.140 e. The van der Waals surface area contributed by atoms with Gasteiger partial charge in [0.25, 0.3) is 0 Å². The van der Waals surface area contributed by atoms with Crippen molar-refractivity contribution in [1.82, 2.24) is 14.9 Å². The molecule has 0 radical (unpaired) electrons. The third-order valence-corrected chi connectivity index (χ3v) is 6.86. The first-order valence-electron chi connectivity index (χ1n) is 10.4. The zero-order valence-corrected chi connectivity index (χ0v) is 16.4. The molecule has 1 N–H and O–H groups in total. The van der Waals surface area contributed by atoms with E-state index in [2.05, 4.69) is 21.7 Å². The fourth-order valence-corrected chi connectivity index (χ4v) is 5.58. The number of benzene rings is 1. The predicted molar refractivity (Wildman–Crippen MR) is 107 cm³/mol. The summed E-state index contributed by atoms with van der Waals surface area (Å²) in [5, 5.41) is 9.43. The van der Waals surface area contributed by atoms with Gasteiger partial charge in [-0.05, 0) is 61.9 Å². The lowest BCUT2D eigenvalue weighted by Crippen LogP contribution is -2.49. The van der Waals surface area contributed by atoms with Crippen LogP contribution < -0.4 is 4.90 Å². The Labute approximate surface area is 165 Å². The molecule has 2 aromatic rings. The number of aliphatic hydroxyl groups excluding tert-OH is 1. The summed E-state index contributed by atoms with van der Waals surface area (Å²) in [4.78, 5) is 13.8. The molecule has 1 aromatic carbocycles. The van der Waals surface area contributed by atoms with Gasteiger partial charge in [0.1, 0.15) is 18.0 Å². The minimum atomic E-state index is -0.180. The fraction of sp³-hybridized carbons (Fsp3) is 0.545. The number of rotatable bonds is 3. The summed E-state index contributed by atoms with van der Waals surface area (Å²) < 4.78 is 14.3. The Hall–Kier alpha value is -2.05. The molecule has 0 unspecified atom stereocenters. The van der Waals surface area contributed by atoms with Crippen LogP contribution in [0, 0.1) is 5.82 Å². The molecule has 0 bridgehead atoms. The second kappa shape index (κ2) is 6.78. The Balaban J connectivity index is 1.61. The van der Waals surface area contributed by atoms with E-state index in [-0.39, 0.29) is 17.8 Å². The van der Waals surface area contributed by atoms with Gasteiger partial charge in [-0.2, -0.15) is 0 Å². The third-order valence-electron chi connectivity index (χ3n) is 6.86. The maximum atomic E-state index is 14.3. The number of aryl methyl sites for hydroxylation is 1. The number of hydrogen-bond acceptors (Lipinski definition) is 5. The molecular weight excluding hydrogens is 355 g/mol. The zero-order chi connectivity index (χ0) is 19.3. The van der Waals surface area contributed by atoms with Crippen LogP contribution in [0.3, 0.4) is 0 Å². The van der Waals surface area contributed by atoms with Gasteiger partial charge in [0.05, 0.1) is 6.61 Å². The number of aromatic nitrogens is 2. The van der Waals surface area contributed by atoms with E-state index in [1.54, 1.807) is 18.5 Å². The number of halogens is 1. The normalized spacial score (nSPS) is 26.7. The first kappa shape index (κ1) is 18.0. The second-order valence-electron chi connectivity index (χ2n) is 8.63. The number of anilines is 2. The van der Waals surface area contributed by atoms with Crippen molar-refractivity contribution in [2.45, 2.75) is 43.9 Å². The number of likely N-dealkylation sites (tertiary alicyclic amines) is 1. The van der Waals surface area contributed by atoms with Gasteiger partial charge in [-0.3, -0.25) is 0 Å². The van der Waals surface area contributed by atoms with Crippen LogP contribution in [0.2, 0.25) is 0 Å². The van der Waals surface area contributed by atoms with Crippen LogP contribution in [0.5, 0.6) is 0 Å². The van der Waals surface area contributed by atoms with Crippen molar-refractivity contribution in [3.63, 3.8) is 0 Å². The number of β-amino-alcohol motifs (C(OH)–C–C–N with tert-alkyl or cyclic N) is 1. The van der Waals surface area contributed by atoms with E-state index in [0.717, 1.165) is 68.1 Å². The topological polar surface area (TPSA) is 52.5 Å². The molecular formula is C22H27FN4O. The van der Waals surface area contributed by atoms with Gasteiger partial charge in [-0.1, -0.05) is 6.92 Å². The van der Waals surface area contributed by atoms with Gasteiger partial charge in [0.15, 0.2) is 0 Å². The summed E-state index contributed by atoms with van der Waals surface area (Å²) in [5.41, 5.74) is 4.47. The summed E-state index contributed by atoms with van der Waals surface area (Å²) in [6, 6.07) is 5.20. The fourth-order valence-electron chi connectivity index (χ4n) is 5.58. The van der Waals surface area contributed by atoms with Crippen LogP contribution in [0.25, 0.3) is 0 Å². The van der Waals surface area contributed by atoms with Gasteiger partial charge in [-0.25, -0.2) is 14.4 Å². The minimum absolute atomic E-state index is 0.121. The summed E-state index contributed by atoms with van der Waals surface area (Å²) in [7, 11) is 0. The second-order valence-corrected chi connectivity index (χ2v) is 8.63. The molecule has 5 nitrogen and oxygen atoms in total. The smallest absolute Gasteiger partial charge is 0.140 e. The van der Waals surface area contributed by atoms with Crippen LogP contribution in [0.4, 0.5) is 15.9 Å². The van der Waals surface area contributed by atoms with E-state index in [0.29, 0.717) is 12.5 Å². The first-order valence-corrected chi connectivity index (χ1v) is 10.4. The predicted octanol–water partition coefficient (Wildman–Crippen LogP) is 3.14. The third kappa shape index (κ3) is 2.73. The van der Waals surface area contributed by atoms with Crippen molar-refractivity contribution in [1.29, 1.82) is 0 Å². The van der Waals surface area contributed by atoms with E-state index in [9.17, 15) is 9.50 Å². The van der Waals surface area contributed by atoms with E-state index in [1.165, 1.54) is 5.56 Å². The standard InChI is InChI=1S/C22H27FN4O/c1-15-3-5-18-20(15)21(25-14-24-18)27-13-22(7-2-8-26(12-22)9-10-28)17-11-16(23)4-6-19(17)27/h4,6,11,14-15,28H,2-3,5,7-10,12-13H2,1H3/t15-,22-/m1/s1.